The molecule has 2 aliphatic heterocycles. The number of nitrogens with one attached hydrogen (secondary N) is 1. The molecule has 0 fully saturated rings. The van der Waals surface area contributed by atoms with Crippen LogP contribution in [0.2, 0.25) is 0 Å². The van der Waals surface area contributed by atoms with Crippen LogP contribution in [-0.2, 0) is 4.79 Å². The molecule has 2 aromatic carbocycles. The number of rotatable bonds is 1. The molecule has 0 radical (unpaired) electrons. The molecule has 0 bridgehead atoms. The Morgan fingerprint density at radius 3 is 2.62 bits per heavy atom. The topological polar surface area (TPSA) is 49.4 Å². The molecule has 4 nitrogen and oxygen atoms in total. The largest absolute Gasteiger partial charge is 0.357 e. The molecule has 1 N–H and O–H groups in total. The Hall–Kier alpha value is -3.18. The van der Waals surface area contributed by atoms with Crippen molar-refractivity contribution in [3.05, 3.63) is 93.3 Å². The summed E-state index contributed by atoms with van der Waals surface area (Å²) in [6, 6.07) is 19.3. The van der Waals surface area contributed by atoms with Crippen molar-refractivity contribution in [3.8, 4) is 0 Å². The third-order valence-corrected chi connectivity index (χ3v) is 7.17. The smallest absolute Gasteiger partial charge is 0.259 e. The zero-order valence-electron chi connectivity index (χ0n) is 15.6. The highest BCUT2D eigenvalue weighted by Gasteiger charge is 2.46. The van der Waals surface area contributed by atoms with Crippen LogP contribution in [0.5, 0.6) is 0 Å². The lowest BCUT2D eigenvalue weighted by molar-refractivity contribution is -0.116. The summed E-state index contributed by atoms with van der Waals surface area (Å²) in [6.45, 7) is 0. The molecule has 1 aliphatic carbocycles. The molecule has 6 rings (SSSR count). The Morgan fingerprint density at radius 1 is 0.931 bits per heavy atom. The minimum absolute atomic E-state index is 0.0400. The number of benzene rings is 2. The highest BCUT2D eigenvalue weighted by molar-refractivity contribution is 7.10. The first-order valence-corrected chi connectivity index (χ1v) is 10.7. The zero-order valence-corrected chi connectivity index (χ0v) is 16.4. The lowest BCUT2D eigenvalue weighted by Crippen LogP contribution is -2.32. The van der Waals surface area contributed by atoms with Crippen molar-refractivity contribution in [3.63, 3.8) is 0 Å². The number of para-hydroxylation sites is 2. The molecule has 29 heavy (non-hydrogen) atoms. The molecule has 0 saturated heterocycles. The van der Waals surface area contributed by atoms with Crippen molar-refractivity contribution in [2.75, 3.05) is 10.2 Å². The fourth-order valence-electron chi connectivity index (χ4n) is 4.89. The second kappa shape index (κ2) is 6.16. The minimum Gasteiger partial charge on any atom is -0.357 e. The molecule has 2 atom stereocenters. The van der Waals surface area contributed by atoms with E-state index in [-0.39, 0.29) is 23.7 Å². The molecular weight excluding hydrogens is 380 g/mol. The lowest BCUT2D eigenvalue weighted by atomic mass is 9.81. The van der Waals surface area contributed by atoms with Crippen LogP contribution < -0.4 is 10.2 Å². The van der Waals surface area contributed by atoms with E-state index in [9.17, 15) is 9.59 Å². The van der Waals surface area contributed by atoms with Crippen LogP contribution in [0.3, 0.4) is 0 Å². The Bertz CT molecular complexity index is 1200. The lowest BCUT2D eigenvalue weighted by Gasteiger charge is -2.30. The van der Waals surface area contributed by atoms with E-state index in [0.29, 0.717) is 12.0 Å². The standard InChI is InChI=1S/C24H18N2O2S/c27-20-13-14(21-10-5-11-29-21)12-18-22(20)23-15-6-1-2-7-16(15)24(28)26(23)19-9-4-3-8-17(19)25-18/h1-11,14,23,25H,12-13H2. The van der Waals surface area contributed by atoms with Gasteiger partial charge < -0.3 is 5.32 Å². The summed E-state index contributed by atoms with van der Waals surface area (Å²) in [6.07, 6.45) is 1.26. The first-order valence-electron chi connectivity index (χ1n) is 9.80. The van der Waals surface area contributed by atoms with E-state index < -0.39 is 0 Å². The van der Waals surface area contributed by atoms with E-state index in [1.54, 1.807) is 16.2 Å². The molecule has 0 saturated carbocycles. The van der Waals surface area contributed by atoms with Gasteiger partial charge >= 0.3 is 0 Å². The van der Waals surface area contributed by atoms with Crippen molar-refractivity contribution < 1.29 is 9.59 Å². The molecule has 142 valence electrons. The van der Waals surface area contributed by atoms with E-state index >= 15 is 0 Å². The van der Waals surface area contributed by atoms with E-state index in [4.69, 9.17) is 0 Å². The van der Waals surface area contributed by atoms with Crippen LogP contribution in [0.4, 0.5) is 11.4 Å². The van der Waals surface area contributed by atoms with Gasteiger partial charge in [-0.1, -0.05) is 36.4 Å². The number of Topliss-reactive ketones (excluding diaryl/α,β-unsaturated/α-hetero) is 1. The molecular formula is C24H18N2O2S. The summed E-state index contributed by atoms with van der Waals surface area (Å²) in [5, 5.41) is 5.60. The molecule has 3 heterocycles. The van der Waals surface area contributed by atoms with Crippen molar-refractivity contribution in [1.82, 2.24) is 0 Å². The van der Waals surface area contributed by atoms with Crippen LogP contribution in [0.15, 0.2) is 77.3 Å². The molecule has 1 aromatic heterocycles. The van der Waals surface area contributed by atoms with E-state index in [1.807, 2.05) is 54.6 Å². The highest BCUT2D eigenvalue weighted by atomic mass is 32.1. The van der Waals surface area contributed by atoms with Crippen LogP contribution in [0, 0.1) is 0 Å². The monoisotopic (exact) mass is 398 g/mol. The number of fused-ring (bicyclic) bond motifs is 6. The summed E-state index contributed by atoms with van der Waals surface area (Å²) in [5.41, 5.74) is 5.01. The van der Waals surface area contributed by atoms with Gasteiger partial charge in [-0.05, 0) is 41.6 Å². The predicted molar refractivity (Wildman–Crippen MR) is 114 cm³/mol. The van der Waals surface area contributed by atoms with Crippen LogP contribution in [-0.4, -0.2) is 11.7 Å². The quantitative estimate of drug-likeness (QED) is 0.607. The molecule has 3 aliphatic rings. The molecule has 3 aromatic rings. The average Bonchev–Trinajstić information content (AvgIpc) is 3.33. The number of carbonyl (C=O) groups excluding carboxylic acids is 2. The molecule has 2 unspecified atom stereocenters. The summed E-state index contributed by atoms with van der Waals surface area (Å²) in [7, 11) is 0. The maximum Gasteiger partial charge on any atom is 0.259 e. The number of thiophene rings is 1. The van der Waals surface area contributed by atoms with Gasteiger partial charge in [-0.2, -0.15) is 0 Å². The summed E-state index contributed by atoms with van der Waals surface area (Å²) in [4.78, 5) is 29.9. The fourth-order valence-corrected chi connectivity index (χ4v) is 5.72. The van der Waals surface area contributed by atoms with Crippen molar-refractivity contribution in [2.24, 2.45) is 0 Å². The van der Waals surface area contributed by atoms with Gasteiger partial charge in [-0.3, -0.25) is 14.5 Å². The van der Waals surface area contributed by atoms with Crippen molar-refractivity contribution >= 4 is 34.4 Å². The maximum atomic E-state index is 13.5. The SMILES string of the molecule is O=C1CC(c2cccs2)CC2=C1C1c3ccccc3C(=O)N1c1ccccc1N2. The first-order chi connectivity index (χ1) is 14.2. The van der Waals surface area contributed by atoms with Gasteiger partial charge in [0.05, 0.1) is 17.4 Å². The normalized spacial score (nSPS) is 22.4. The van der Waals surface area contributed by atoms with Gasteiger partial charge in [-0.15, -0.1) is 11.3 Å². The zero-order chi connectivity index (χ0) is 19.5. The summed E-state index contributed by atoms with van der Waals surface area (Å²) in [5.74, 6) is 0.269. The van der Waals surface area contributed by atoms with Gasteiger partial charge in [0.25, 0.3) is 5.91 Å². The number of allylic oxidation sites excluding steroid dienone is 1. The van der Waals surface area contributed by atoms with Crippen LogP contribution in [0.25, 0.3) is 0 Å². The predicted octanol–water partition coefficient (Wildman–Crippen LogP) is 5.28. The first kappa shape index (κ1) is 16.7. The third-order valence-electron chi connectivity index (χ3n) is 6.14. The number of carbonyl (C=O) groups is 2. The number of amides is 1. The van der Waals surface area contributed by atoms with Gasteiger partial charge in [0.15, 0.2) is 5.78 Å². The average molecular weight is 398 g/mol. The molecule has 1 amide bonds. The Balaban J connectivity index is 1.57. The van der Waals surface area contributed by atoms with Gasteiger partial charge in [-0.25, -0.2) is 0 Å². The molecule has 0 spiro atoms. The Kier molecular flexibility index (Phi) is 3.56. The van der Waals surface area contributed by atoms with Gasteiger partial charge in [0.2, 0.25) is 0 Å². The second-order valence-electron chi connectivity index (χ2n) is 7.74. The van der Waals surface area contributed by atoms with Crippen LogP contribution in [0.1, 0.15) is 45.6 Å². The second-order valence-corrected chi connectivity index (χ2v) is 8.72. The maximum absolute atomic E-state index is 13.5. The van der Waals surface area contributed by atoms with Crippen LogP contribution >= 0.6 is 11.3 Å². The van der Waals surface area contributed by atoms with Crippen molar-refractivity contribution in [2.45, 2.75) is 24.8 Å². The number of nitrogens with zero attached hydrogens (tertiary/aromatic N) is 1. The summed E-state index contributed by atoms with van der Waals surface area (Å²) >= 11 is 1.70. The Labute approximate surface area is 172 Å². The van der Waals surface area contributed by atoms with Crippen molar-refractivity contribution in [1.29, 1.82) is 0 Å². The van der Waals surface area contributed by atoms with E-state index in [2.05, 4.69) is 16.8 Å². The molecule has 5 heteroatoms. The van der Waals surface area contributed by atoms with Gasteiger partial charge in [0, 0.05) is 34.0 Å². The fraction of sp³-hybridized carbons (Fsp3) is 0.167. The van der Waals surface area contributed by atoms with Gasteiger partial charge in [0.1, 0.15) is 0 Å². The number of anilines is 2. The minimum atomic E-state index is -0.360. The van der Waals surface area contributed by atoms with E-state index in [1.165, 1.54) is 4.88 Å². The summed E-state index contributed by atoms with van der Waals surface area (Å²) < 4.78 is 0. The number of hydrogen-bond acceptors (Lipinski definition) is 4. The third kappa shape index (κ3) is 2.37. The van der Waals surface area contributed by atoms with E-state index in [0.717, 1.165) is 34.6 Å². The Morgan fingerprint density at radius 2 is 1.76 bits per heavy atom. The number of ketones is 1. The highest BCUT2D eigenvalue weighted by Crippen LogP contribution is 2.51. The number of hydrogen-bond donors (Lipinski definition) is 1.